The first-order valence-electron chi connectivity index (χ1n) is 4.71. The molecule has 5 heteroatoms. The van der Waals surface area contributed by atoms with Gasteiger partial charge in [0.1, 0.15) is 0 Å². The highest BCUT2D eigenvalue weighted by Gasteiger charge is 2.15. The van der Waals surface area contributed by atoms with Crippen molar-refractivity contribution in [1.29, 1.82) is 0 Å². The summed E-state index contributed by atoms with van der Waals surface area (Å²) in [5, 5.41) is 0. The summed E-state index contributed by atoms with van der Waals surface area (Å²) >= 11 is 0. The lowest BCUT2D eigenvalue weighted by molar-refractivity contribution is 0.208. The lowest BCUT2D eigenvalue weighted by Crippen LogP contribution is -2.39. The standard InChI is InChI=1S/C8H18N4O/c9-2-5-11-3-1-4-12(7-6-11)8(10)13/h1-7,9H2,(H2,10,13). The van der Waals surface area contributed by atoms with Crippen LogP contribution in [0.5, 0.6) is 0 Å². The summed E-state index contributed by atoms with van der Waals surface area (Å²) in [4.78, 5) is 14.8. The molecule has 76 valence electrons. The van der Waals surface area contributed by atoms with Crippen molar-refractivity contribution in [3.05, 3.63) is 0 Å². The summed E-state index contributed by atoms with van der Waals surface area (Å²) in [5.41, 5.74) is 10.7. The Balaban J connectivity index is 2.35. The minimum absolute atomic E-state index is 0.311. The zero-order valence-electron chi connectivity index (χ0n) is 7.91. The second-order valence-corrected chi connectivity index (χ2v) is 3.31. The Hall–Kier alpha value is -0.810. The molecule has 13 heavy (non-hydrogen) atoms. The molecule has 0 unspecified atom stereocenters. The van der Waals surface area contributed by atoms with E-state index in [9.17, 15) is 4.79 Å². The van der Waals surface area contributed by atoms with Gasteiger partial charge in [0.2, 0.25) is 0 Å². The predicted molar refractivity (Wildman–Crippen MR) is 51.3 cm³/mol. The molecule has 5 nitrogen and oxygen atoms in total. The van der Waals surface area contributed by atoms with Crippen LogP contribution >= 0.6 is 0 Å². The van der Waals surface area contributed by atoms with Crippen LogP contribution in [0.25, 0.3) is 0 Å². The van der Waals surface area contributed by atoms with Gasteiger partial charge in [0.25, 0.3) is 0 Å². The van der Waals surface area contributed by atoms with Crippen molar-refractivity contribution in [2.24, 2.45) is 11.5 Å². The molecule has 0 bridgehead atoms. The Morgan fingerprint density at radius 1 is 1.23 bits per heavy atom. The minimum atomic E-state index is -0.311. The lowest BCUT2D eigenvalue weighted by Gasteiger charge is -2.19. The second kappa shape index (κ2) is 5.04. The molecule has 0 saturated carbocycles. The van der Waals surface area contributed by atoms with Gasteiger partial charge in [0, 0.05) is 32.7 Å². The number of carbonyl (C=O) groups excluding carboxylic acids is 1. The molecule has 0 aromatic heterocycles. The largest absolute Gasteiger partial charge is 0.351 e. The molecule has 1 heterocycles. The third-order valence-corrected chi connectivity index (χ3v) is 2.35. The first-order valence-corrected chi connectivity index (χ1v) is 4.71. The Labute approximate surface area is 78.6 Å². The molecular weight excluding hydrogens is 168 g/mol. The number of hydrogen-bond acceptors (Lipinski definition) is 3. The van der Waals surface area contributed by atoms with Crippen molar-refractivity contribution in [2.75, 3.05) is 39.3 Å². The fourth-order valence-corrected chi connectivity index (χ4v) is 1.60. The normalized spacial score (nSPS) is 19.9. The molecule has 0 aliphatic carbocycles. The fourth-order valence-electron chi connectivity index (χ4n) is 1.60. The molecule has 1 saturated heterocycles. The maximum atomic E-state index is 10.9. The minimum Gasteiger partial charge on any atom is -0.351 e. The second-order valence-electron chi connectivity index (χ2n) is 3.31. The van der Waals surface area contributed by atoms with E-state index in [2.05, 4.69) is 4.90 Å². The van der Waals surface area contributed by atoms with Crippen molar-refractivity contribution in [3.8, 4) is 0 Å². The predicted octanol–water partition coefficient (Wildman–Crippen LogP) is -0.968. The van der Waals surface area contributed by atoms with E-state index in [1.165, 1.54) is 0 Å². The van der Waals surface area contributed by atoms with Crippen molar-refractivity contribution in [2.45, 2.75) is 6.42 Å². The maximum absolute atomic E-state index is 10.9. The highest BCUT2D eigenvalue weighted by atomic mass is 16.2. The quantitative estimate of drug-likeness (QED) is 0.582. The van der Waals surface area contributed by atoms with Crippen molar-refractivity contribution in [3.63, 3.8) is 0 Å². The van der Waals surface area contributed by atoms with Crippen LogP contribution < -0.4 is 11.5 Å². The summed E-state index contributed by atoms with van der Waals surface area (Å²) in [6.07, 6.45) is 0.989. The summed E-state index contributed by atoms with van der Waals surface area (Å²) in [5.74, 6) is 0. The van der Waals surface area contributed by atoms with Crippen molar-refractivity contribution < 1.29 is 4.79 Å². The Morgan fingerprint density at radius 2 is 2.00 bits per heavy atom. The Morgan fingerprint density at radius 3 is 2.62 bits per heavy atom. The summed E-state index contributed by atoms with van der Waals surface area (Å²) < 4.78 is 0. The van der Waals surface area contributed by atoms with E-state index in [0.29, 0.717) is 6.54 Å². The Kier molecular flexibility index (Phi) is 3.98. The molecule has 1 aliphatic heterocycles. The number of primary amides is 1. The zero-order chi connectivity index (χ0) is 9.68. The van der Waals surface area contributed by atoms with E-state index in [-0.39, 0.29) is 6.03 Å². The van der Waals surface area contributed by atoms with E-state index in [0.717, 1.165) is 39.1 Å². The highest BCUT2D eigenvalue weighted by Crippen LogP contribution is 2.01. The monoisotopic (exact) mass is 186 g/mol. The maximum Gasteiger partial charge on any atom is 0.314 e. The molecule has 2 amide bonds. The van der Waals surface area contributed by atoms with Crippen molar-refractivity contribution in [1.82, 2.24) is 9.80 Å². The van der Waals surface area contributed by atoms with Gasteiger partial charge in [-0.05, 0) is 13.0 Å². The molecule has 0 radical (unpaired) electrons. The summed E-state index contributed by atoms with van der Waals surface area (Å²) in [6, 6.07) is -0.311. The molecule has 0 aromatic rings. The topological polar surface area (TPSA) is 75.6 Å². The lowest BCUT2D eigenvalue weighted by atomic mass is 10.4. The number of hydrogen-bond donors (Lipinski definition) is 2. The van der Waals surface area contributed by atoms with Crippen LogP contribution in [0, 0.1) is 0 Å². The summed E-state index contributed by atoms with van der Waals surface area (Å²) in [7, 11) is 0. The van der Waals surface area contributed by atoms with E-state index in [4.69, 9.17) is 11.5 Å². The Bertz CT molecular complexity index is 174. The highest BCUT2D eigenvalue weighted by molar-refractivity contribution is 5.71. The molecular formula is C8H18N4O. The number of nitrogens with zero attached hydrogens (tertiary/aromatic N) is 2. The fraction of sp³-hybridized carbons (Fsp3) is 0.875. The summed E-state index contributed by atoms with van der Waals surface area (Å²) in [6.45, 7) is 5.00. The molecule has 4 N–H and O–H groups in total. The first kappa shape index (κ1) is 10.3. The van der Waals surface area contributed by atoms with Crippen LogP contribution in [0.15, 0.2) is 0 Å². The van der Waals surface area contributed by atoms with Gasteiger partial charge in [-0.15, -0.1) is 0 Å². The van der Waals surface area contributed by atoms with E-state index >= 15 is 0 Å². The van der Waals surface area contributed by atoms with Crippen LogP contribution in [0.3, 0.4) is 0 Å². The van der Waals surface area contributed by atoms with Gasteiger partial charge in [0.15, 0.2) is 0 Å². The number of urea groups is 1. The number of amides is 2. The molecule has 1 rings (SSSR count). The number of carbonyl (C=O) groups is 1. The number of nitrogens with two attached hydrogens (primary N) is 2. The van der Waals surface area contributed by atoms with Crippen LogP contribution in [0.2, 0.25) is 0 Å². The van der Waals surface area contributed by atoms with Crippen LogP contribution in [-0.4, -0.2) is 55.1 Å². The number of rotatable bonds is 2. The van der Waals surface area contributed by atoms with Gasteiger partial charge < -0.3 is 21.3 Å². The van der Waals surface area contributed by atoms with Crippen LogP contribution in [0.4, 0.5) is 4.79 Å². The third kappa shape index (κ3) is 3.20. The van der Waals surface area contributed by atoms with Gasteiger partial charge in [0.05, 0.1) is 0 Å². The van der Waals surface area contributed by atoms with Gasteiger partial charge in [-0.1, -0.05) is 0 Å². The molecule has 0 atom stereocenters. The van der Waals surface area contributed by atoms with Gasteiger partial charge in [-0.25, -0.2) is 4.79 Å². The van der Waals surface area contributed by atoms with Crippen LogP contribution in [0.1, 0.15) is 6.42 Å². The smallest absolute Gasteiger partial charge is 0.314 e. The van der Waals surface area contributed by atoms with E-state index < -0.39 is 0 Å². The van der Waals surface area contributed by atoms with Crippen LogP contribution in [-0.2, 0) is 0 Å². The average Bonchev–Trinajstić information content (AvgIpc) is 2.30. The third-order valence-electron chi connectivity index (χ3n) is 2.35. The molecule has 1 fully saturated rings. The molecule has 0 aromatic carbocycles. The van der Waals surface area contributed by atoms with Gasteiger partial charge in [-0.3, -0.25) is 0 Å². The average molecular weight is 186 g/mol. The van der Waals surface area contributed by atoms with Gasteiger partial charge in [-0.2, -0.15) is 0 Å². The first-order chi connectivity index (χ1) is 6.24. The van der Waals surface area contributed by atoms with Gasteiger partial charge >= 0.3 is 6.03 Å². The SMILES string of the molecule is NCCN1CCCN(C(N)=O)CC1. The molecule has 1 aliphatic rings. The molecule has 0 spiro atoms. The van der Waals surface area contributed by atoms with Crippen molar-refractivity contribution >= 4 is 6.03 Å². The van der Waals surface area contributed by atoms with E-state index in [1.54, 1.807) is 4.90 Å². The zero-order valence-corrected chi connectivity index (χ0v) is 7.91. The van der Waals surface area contributed by atoms with E-state index in [1.807, 2.05) is 0 Å².